The van der Waals surface area contributed by atoms with E-state index in [0.29, 0.717) is 30.1 Å². The first-order valence-electron chi connectivity index (χ1n) is 8.16. The highest BCUT2D eigenvalue weighted by Crippen LogP contribution is 2.29. The summed E-state index contributed by atoms with van der Waals surface area (Å²) >= 11 is 0. The smallest absolute Gasteiger partial charge is 0.410 e. The van der Waals surface area contributed by atoms with Crippen LogP contribution in [0.3, 0.4) is 0 Å². The van der Waals surface area contributed by atoms with E-state index < -0.39 is 5.60 Å². The van der Waals surface area contributed by atoms with Gasteiger partial charge in [-0.2, -0.15) is 5.26 Å². The monoisotopic (exact) mass is 331 g/mol. The quantitative estimate of drug-likeness (QED) is 0.915. The van der Waals surface area contributed by atoms with Gasteiger partial charge in [-0.25, -0.2) is 4.79 Å². The van der Waals surface area contributed by atoms with E-state index in [9.17, 15) is 10.1 Å². The number of para-hydroxylation sites is 1. The fourth-order valence-corrected chi connectivity index (χ4v) is 2.81. The summed E-state index contributed by atoms with van der Waals surface area (Å²) in [5, 5.41) is 12.5. The van der Waals surface area contributed by atoms with Crippen LogP contribution < -0.4 is 10.1 Å². The Kier molecular flexibility index (Phi) is 5.55. The summed E-state index contributed by atoms with van der Waals surface area (Å²) in [7, 11) is 1.57. The highest BCUT2D eigenvalue weighted by Gasteiger charge is 2.32. The van der Waals surface area contributed by atoms with Crippen LogP contribution >= 0.6 is 0 Å². The number of nitriles is 1. The molecular formula is C18H25N3O3. The molecule has 1 unspecified atom stereocenters. The highest BCUT2D eigenvalue weighted by molar-refractivity contribution is 5.69. The van der Waals surface area contributed by atoms with E-state index in [0.717, 1.165) is 12.8 Å². The van der Waals surface area contributed by atoms with Crippen molar-refractivity contribution in [3.05, 3.63) is 23.8 Å². The van der Waals surface area contributed by atoms with Crippen LogP contribution in [-0.2, 0) is 4.74 Å². The first-order valence-corrected chi connectivity index (χ1v) is 8.16. The molecule has 6 heteroatoms. The third-order valence-corrected chi connectivity index (χ3v) is 3.89. The van der Waals surface area contributed by atoms with Crippen LogP contribution in [-0.4, -0.2) is 42.8 Å². The van der Waals surface area contributed by atoms with Crippen molar-refractivity contribution in [1.82, 2.24) is 4.90 Å². The van der Waals surface area contributed by atoms with Gasteiger partial charge in [0.15, 0.2) is 0 Å². The Morgan fingerprint density at radius 2 is 2.21 bits per heavy atom. The minimum absolute atomic E-state index is 0.0382. The van der Waals surface area contributed by atoms with Gasteiger partial charge in [-0.15, -0.1) is 0 Å². The molecule has 1 saturated heterocycles. The van der Waals surface area contributed by atoms with Crippen LogP contribution in [0.4, 0.5) is 10.5 Å². The number of hydrogen-bond acceptors (Lipinski definition) is 5. The molecule has 1 aromatic carbocycles. The van der Waals surface area contributed by atoms with Crippen molar-refractivity contribution in [2.45, 2.75) is 45.3 Å². The predicted octanol–water partition coefficient (Wildman–Crippen LogP) is 3.38. The molecule has 0 bridgehead atoms. The molecule has 0 spiro atoms. The van der Waals surface area contributed by atoms with E-state index in [1.807, 2.05) is 26.8 Å². The van der Waals surface area contributed by atoms with E-state index in [-0.39, 0.29) is 12.1 Å². The van der Waals surface area contributed by atoms with E-state index >= 15 is 0 Å². The van der Waals surface area contributed by atoms with Gasteiger partial charge in [0, 0.05) is 13.1 Å². The Morgan fingerprint density at radius 1 is 1.46 bits per heavy atom. The number of carbonyl (C=O) groups excluding carboxylic acids is 1. The fourth-order valence-electron chi connectivity index (χ4n) is 2.81. The molecule has 1 aliphatic rings. The molecule has 1 aliphatic heterocycles. The average molecular weight is 331 g/mol. The van der Waals surface area contributed by atoms with Crippen molar-refractivity contribution in [3.8, 4) is 11.8 Å². The van der Waals surface area contributed by atoms with Crippen molar-refractivity contribution < 1.29 is 14.3 Å². The second kappa shape index (κ2) is 7.43. The van der Waals surface area contributed by atoms with Gasteiger partial charge in [-0.05, 0) is 45.7 Å². The van der Waals surface area contributed by atoms with Crippen LogP contribution in [0.15, 0.2) is 18.2 Å². The second-order valence-electron chi connectivity index (χ2n) is 6.85. The van der Waals surface area contributed by atoms with E-state index in [4.69, 9.17) is 9.47 Å². The summed E-state index contributed by atoms with van der Waals surface area (Å²) in [5.74, 6) is 0.621. The molecule has 1 heterocycles. The highest BCUT2D eigenvalue weighted by atomic mass is 16.6. The molecule has 0 aromatic heterocycles. The molecule has 1 atom stereocenters. The van der Waals surface area contributed by atoms with Gasteiger partial charge in [0.05, 0.1) is 24.4 Å². The van der Waals surface area contributed by atoms with Crippen LogP contribution in [0.1, 0.15) is 39.2 Å². The number of anilines is 1. The summed E-state index contributed by atoms with van der Waals surface area (Å²) in [5.41, 5.74) is 0.684. The summed E-state index contributed by atoms with van der Waals surface area (Å²) in [4.78, 5) is 14.1. The Hall–Kier alpha value is -2.42. The molecule has 1 aromatic rings. The molecule has 6 nitrogen and oxygen atoms in total. The summed E-state index contributed by atoms with van der Waals surface area (Å²) in [6, 6.07) is 7.53. The number of rotatable bonds is 4. The number of methoxy groups -OCH3 is 1. The third kappa shape index (κ3) is 4.31. The number of hydrogen-bond donors (Lipinski definition) is 1. The van der Waals surface area contributed by atoms with Gasteiger partial charge < -0.3 is 19.7 Å². The molecule has 0 aliphatic carbocycles. The molecule has 1 N–H and O–H groups in total. The number of carbonyl (C=O) groups is 1. The van der Waals surface area contributed by atoms with Crippen molar-refractivity contribution in [3.63, 3.8) is 0 Å². The summed E-state index contributed by atoms with van der Waals surface area (Å²) < 4.78 is 10.8. The van der Waals surface area contributed by atoms with E-state index in [2.05, 4.69) is 11.4 Å². The lowest BCUT2D eigenvalue weighted by molar-refractivity contribution is 0.0235. The van der Waals surface area contributed by atoms with E-state index in [1.165, 1.54) is 0 Å². The van der Waals surface area contributed by atoms with E-state index in [1.54, 1.807) is 24.1 Å². The number of ether oxygens (including phenoxy) is 2. The molecule has 1 amide bonds. The topological polar surface area (TPSA) is 74.6 Å². The molecule has 0 saturated carbocycles. The Balaban J connectivity index is 2.06. The standard InChI is InChI=1S/C18H25N3O3/c1-18(2,3)24-17(22)21-10-6-8-14(21)12-20-16-13(11-19)7-5-9-15(16)23-4/h5,7,9,14,20H,6,8,10,12H2,1-4H3. The zero-order valence-corrected chi connectivity index (χ0v) is 14.8. The van der Waals surface area contributed by atoms with Crippen LogP contribution in [0.2, 0.25) is 0 Å². The second-order valence-corrected chi connectivity index (χ2v) is 6.85. The van der Waals surface area contributed by atoms with Gasteiger partial charge in [-0.1, -0.05) is 6.07 Å². The predicted molar refractivity (Wildman–Crippen MR) is 92.2 cm³/mol. The van der Waals surface area contributed by atoms with Gasteiger partial charge in [0.1, 0.15) is 17.4 Å². The maximum absolute atomic E-state index is 12.3. The third-order valence-electron chi connectivity index (χ3n) is 3.89. The molecular weight excluding hydrogens is 306 g/mol. The number of amides is 1. The van der Waals surface area contributed by atoms with Crippen molar-refractivity contribution in [2.75, 3.05) is 25.5 Å². The van der Waals surface area contributed by atoms with Crippen molar-refractivity contribution >= 4 is 11.8 Å². The van der Waals surface area contributed by atoms with Crippen molar-refractivity contribution in [2.24, 2.45) is 0 Å². The lowest BCUT2D eigenvalue weighted by Gasteiger charge is -2.29. The number of nitrogens with one attached hydrogen (secondary N) is 1. The zero-order valence-electron chi connectivity index (χ0n) is 14.8. The normalized spacial score (nSPS) is 17.3. The zero-order chi connectivity index (χ0) is 17.7. The van der Waals surface area contributed by atoms with Crippen LogP contribution in [0, 0.1) is 11.3 Å². The van der Waals surface area contributed by atoms with Crippen LogP contribution in [0.5, 0.6) is 5.75 Å². The Morgan fingerprint density at radius 3 is 2.83 bits per heavy atom. The molecule has 24 heavy (non-hydrogen) atoms. The number of likely N-dealkylation sites (tertiary alicyclic amines) is 1. The van der Waals surface area contributed by atoms with Gasteiger partial charge >= 0.3 is 6.09 Å². The van der Waals surface area contributed by atoms with Gasteiger partial charge in [-0.3, -0.25) is 0 Å². The van der Waals surface area contributed by atoms with Crippen molar-refractivity contribution in [1.29, 1.82) is 5.26 Å². The largest absolute Gasteiger partial charge is 0.495 e. The average Bonchev–Trinajstić information content (AvgIpc) is 2.99. The lowest BCUT2D eigenvalue weighted by atomic mass is 10.1. The SMILES string of the molecule is COc1cccc(C#N)c1NCC1CCCN1C(=O)OC(C)(C)C. The number of nitrogens with zero attached hydrogens (tertiary/aromatic N) is 2. The van der Waals surface area contributed by atoms with Gasteiger partial charge in [0.2, 0.25) is 0 Å². The molecule has 2 rings (SSSR count). The number of benzene rings is 1. The fraction of sp³-hybridized carbons (Fsp3) is 0.556. The summed E-state index contributed by atoms with van der Waals surface area (Å²) in [6.07, 6.45) is 1.57. The minimum atomic E-state index is -0.506. The minimum Gasteiger partial charge on any atom is -0.495 e. The Bertz CT molecular complexity index is 631. The molecule has 1 fully saturated rings. The van der Waals surface area contributed by atoms with Gasteiger partial charge in [0.25, 0.3) is 0 Å². The Labute approximate surface area is 143 Å². The first kappa shape index (κ1) is 17.9. The first-order chi connectivity index (χ1) is 11.4. The molecule has 130 valence electrons. The summed E-state index contributed by atoms with van der Waals surface area (Å²) in [6.45, 7) is 6.83. The molecule has 0 radical (unpaired) electrons. The van der Waals surface area contributed by atoms with Crippen LogP contribution in [0.25, 0.3) is 0 Å². The lowest BCUT2D eigenvalue weighted by Crippen LogP contribution is -2.42. The maximum Gasteiger partial charge on any atom is 0.410 e. The maximum atomic E-state index is 12.3.